The number of rotatable bonds is 5. The molecule has 3 heterocycles. The molecule has 0 amide bonds. The Bertz CT molecular complexity index is 904. The van der Waals surface area contributed by atoms with Crippen LogP contribution in [0.4, 0.5) is 5.82 Å². The summed E-state index contributed by atoms with van der Waals surface area (Å²) >= 11 is 0. The van der Waals surface area contributed by atoms with Gasteiger partial charge in [0.25, 0.3) is 0 Å². The van der Waals surface area contributed by atoms with Gasteiger partial charge in [0.15, 0.2) is 5.65 Å². The smallest absolute Gasteiger partial charge is 0.163 e. The number of fused-ring (bicyclic) bond motifs is 1. The minimum absolute atomic E-state index is 0.0959. The number of aromatic nitrogens is 6. The summed E-state index contributed by atoms with van der Waals surface area (Å²) in [7, 11) is 1.91. The van der Waals surface area contributed by atoms with Crippen molar-refractivity contribution in [1.29, 1.82) is 0 Å². The molecule has 7 nitrogen and oxygen atoms in total. The second-order valence-electron chi connectivity index (χ2n) is 6.86. The van der Waals surface area contributed by atoms with E-state index in [0.717, 1.165) is 34.9 Å². The maximum Gasteiger partial charge on any atom is 0.163 e. The Morgan fingerprint density at radius 3 is 2.48 bits per heavy atom. The van der Waals surface area contributed by atoms with Crippen LogP contribution in [0.25, 0.3) is 11.0 Å². The summed E-state index contributed by atoms with van der Waals surface area (Å²) in [4.78, 5) is 9.42. The molecule has 0 aliphatic heterocycles. The van der Waals surface area contributed by atoms with Crippen LogP contribution in [0, 0.1) is 13.8 Å². The molecule has 0 saturated carbocycles. The molecule has 0 aliphatic carbocycles. The molecule has 0 radical (unpaired) electrons. The first-order valence-electron chi connectivity index (χ1n) is 8.83. The highest BCUT2D eigenvalue weighted by molar-refractivity contribution is 5.86. The third-order valence-corrected chi connectivity index (χ3v) is 4.65. The first-order valence-corrected chi connectivity index (χ1v) is 8.83. The topological polar surface area (TPSA) is 73.5 Å². The fraction of sp³-hybridized carbons (Fsp3) is 0.556. The van der Waals surface area contributed by atoms with Gasteiger partial charge in [0, 0.05) is 30.8 Å². The molecule has 0 aromatic carbocycles. The van der Waals surface area contributed by atoms with Crippen molar-refractivity contribution in [2.75, 3.05) is 5.32 Å². The van der Waals surface area contributed by atoms with Gasteiger partial charge in [-0.1, -0.05) is 13.8 Å². The van der Waals surface area contributed by atoms with Gasteiger partial charge in [-0.25, -0.2) is 9.97 Å². The minimum Gasteiger partial charge on any atom is -0.363 e. The van der Waals surface area contributed by atoms with Crippen molar-refractivity contribution in [2.24, 2.45) is 7.05 Å². The molecular formula is C18H27N7. The zero-order chi connectivity index (χ0) is 18.3. The highest BCUT2D eigenvalue weighted by Gasteiger charge is 2.20. The van der Waals surface area contributed by atoms with Crippen LogP contribution < -0.4 is 5.32 Å². The Hall–Kier alpha value is -2.44. The predicted octanol–water partition coefficient (Wildman–Crippen LogP) is 3.49. The quantitative estimate of drug-likeness (QED) is 0.769. The lowest BCUT2D eigenvalue weighted by atomic mass is 10.1. The largest absolute Gasteiger partial charge is 0.363 e. The standard InChI is InChI=1S/C18H27N7/c1-8-25-13(6)15(12(5)23-25)11(4)20-17-14-9-19-24(7)18(14)22-16(21-17)10(2)3/h9-11H,8H2,1-7H3,(H,20,21,22)/t11-/m1/s1. The van der Waals surface area contributed by atoms with E-state index in [-0.39, 0.29) is 12.0 Å². The average molecular weight is 341 g/mol. The van der Waals surface area contributed by atoms with Crippen molar-refractivity contribution in [3.63, 3.8) is 0 Å². The Morgan fingerprint density at radius 2 is 1.88 bits per heavy atom. The SMILES string of the molecule is CCn1nc(C)c([C@@H](C)Nc2nc(C(C)C)nc3c2cnn3C)c1C. The normalized spacial score (nSPS) is 13.0. The number of hydrogen-bond donors (Lipinski definition) is 1. The molecule has 0 fully saturated rings. The number of nitrogens with zero attached hydrogens (tertiary/aromatic N) is 6. The molecule has 3 aromatic heterocycles. The molecule has 3 rings (SSSR count). The summed E-state index contributed by atoms with van der Waals surface area (Å²) in [6, 6.07) is 0.0959. The number of hydrogen-bond acceptors (Lipinski definition) is 5. The van der Waals surface area contributed by atoms with Crippen LogP contribution in [0.2, 0.25) is 0 Å². The van der Waals surface area contributed by atoms with Crippen LogP contribution in [0.3, 0.4) is 0 Å². The van der Waals surface area contributed by atoms with E-state index in [1.807, 2.05) is 17.9 Å². The second kappa shape index (κ2) is 6.46. The fourth-order valence-electron chi connectivity index (χ4n) is 3.33. The number of aryl methyl sites for hydroxylation is 3. The van der Waals surface area contributed by atoms with Gasteiger partial charge in [-0.3, -0.25) is 9.36 Å². The fourth-order valence-corrected chi connectivity index (χ4v) is 3.33. The van der Waals surface area contributed by atoms with Crippen molar-refractivity contribution in [3.05, 3.63) is 29.0 Å². The highest BCUT2D eigenvalue weighted by atomic mass is 15.3. The van der Waals surface area contributed by atoms with Crippen molar-refractivity contribution < 1.29 is 0 Å². The van der Waals surface area contributed by atoms with Crippen molar-refractivity contribution in [1.82, 2.24) is 29.5 Å². The lowest BCUT2D eigenvalue weighted by Gasteiger charge is -2.17. The summed E-state index contributed by atoms with van der Waals surface area (Å²) in [6.07, 6.45) is 1.82. The van der Waals surface area contributed by atoms with Crippen LogP contribution >= 0.6 is 0 Å². The van der Waals surface area contributed by atoms with Gasteiger partial charge in [-0.2, -0.15) is 10.2 Å². The van der Waals surface area contributed by atoms with Crippen LogP contribution in [0.15, 0.2) is 6.20 Å². The van der Waals surface area contributed by atoms with Gasteiger partial charge >= 0.3 is 0 Å². The molecular weight excluding hydrogens is 314 g/mol. The summed E-state index contributed by atoms with van der Waals surface area (Å²) in [5.41, 5.74) is 4.33. The molecule has 134 valence electrons. The summed E-state index contributed by atoms with van der Waals surface area (Å²) in [5.74, 6) is 1.90. The minimum atomic E-state index is 0.0959. The third kappa shape index (κ3) is 2.99. The van der Waals surface area contributed by atoms with Crippen LogP contribution in [0.1, 0.15) is 62.4 Å². The Labute approximate surface area is 148 Å². The molecule has 25 heavy (non-hydrogen) atoms. The van der Waals surface area contributed by atoms with Gasteiger partial charge < -0.3 is 5.32 Å². The zero-order valence-corrected chi connectivity index (χ0v) is 16.1. The van der Waals surface area contributed by atoms with Gasteiger partial charge in [0.1, 0.15) is 11.6 Å². The second-order valence-corrected chi connectivity index (χ2v) is 6.86. The Morgan fingerprint density at radius 1 is 1.16 bits per heavy atom. The first-order chi connectivity index (χ1) is 11.8. The zero-order valence-electron chi connectivity index (χ0n) is 16.1. The van der Waals surface area contributed by atoms with Gasteiger partial charge in [0.05, 0.1) is 23.3 Å². The van der Waals surface area contributed by atoms with E-state index in [1.165, 1.54) is 11.3 Å². The van der Waals surface area contributed by atoms with Gasteiger partial charge in [-0.15, -0.1) is 0 Å². The number of anilines is 1. The summed E-state index contributed by atoms with van der Waals surface area (Å²) < 4.78 is 3.84. The van der Waals surface area contributed by atoms with E-state index in [2.05, 4.69) is 62.0 Å². The lowest BCUT2D eigenvalue weighted by Crippen LogP contribution is -2.12. The molecule has 0 spiro atoms. The summed E-state index contributed by atoms with van der Waals surface area (Å²) in [5, 5.41) is 13.5. The van der Waals surface area contributed by atoms with Crippen molar-refractivity contribution in [2.45, 2.75) is 60.0 Å². The molecule has 0 aliphatic rings. The van der Waals surface area contributed by atoms with Crippen LogP contribution in [0.5, 0.6) is 0 Å². The maximum atomic E-state index is 4.76. The highest BCUT2D eigenvalue weighted by Crippen LogP contribution is 2.28. The van der Waals surface area contributed by atoms with Crippen LogP contribution in [-0.4, -0.2) is 29.5 Å². The molecule has 1 N–H and O–H groups in total. The third-order valence-electron chi connectivity index (χ3n) is 4.65. The Balaban J connectivity index is 2.04. The van der Waals surface area contributed by atoms with E-state index >= 15 is 0 Å². The predicted molar refractivity (Wildman–Crippen MR) is 99.8 cm³/mol. The van der Waals surface area contributed by atoms with Crippen LogP contribution in [-0.2, 0) is 13.6 Å². The van der Waals surface area contributed by atoms with Gasteiger partial charge in [0.2, 0.25) is 0 Å². The van der Waals surface area contributed by atoms with Gasteiger partial charge in [-0.05, 0) is 27.7 Å². The number of nitrogens with one attached hydrogen (secondary N) is 1. The van der Waals surface area contributed by atoms with Crippen molar-refractivity contribution >= 4 is 16.9 Å². The van der Waals surface area contributed by atoms with E-state index in [4.69, 9.17) is 4.98 Å². The average Bonchev–Trinajstić information content (AvgIpc) is 3.07. The lowest BCUT2D eigenvalue weighted by molar-refractivity contribution is 0.632. The van der Waals surface area contributed by atoms with E-state index in [0.29, 0.717) is 0 Å². The first kappa shape index (κ1) is 17.4. The molecule has 7 heteroatoms. The Kier molecular flexibility index (Phi) is 4.49. The molecule has 0 saturated heterocycles. The maximum absolute atomic E-state index is 4.76. The van der Waals surface area contributed by atoms with E-state index < -0.39 is 0 Å². The van der Waals surface area contributed by atoms with E-state index in [9.17, 15) is 0 Å². The molecule has 3 aromatic rings. The van der Waals surface area contributed by atoms with Crippen molar-refractivity contribution in [3.8, 4) is 0 Å². The molecule has 0 bridgehead atoms. The molecule has 0 unspecified atom stereocenters. The summed E-state index contributed by atoms with van der Waals surface area (Å²) in [6.45, 7) is 13.5. The van der Waals surface area contributed by atoms with E-state index in [1.54, 1.807) is 4.68 Å². The monoisotopic (exact) mass is 341 g/mol. The molecule has 1 atom stereocenters.